The first-order valence-corrected chi connectivity index (χ1v) is 9.07. The van der Waals surface area contributed by atoms with Crippen LogP contribution in [0.4, 0.5) is 5.69 Å². The van der Waals surface area contributed by atoms with Gasteiger partial charge in [0, 0.05) is 25.7 Å². The van der Waals surface area contributed by atoms with E-state index in [4.69, 9.17) is 9.47 Å². The standard InChI is InChI=1S/C17H20N2O6S/c1-12-8-9-13(19(20)21)10-17(12)26(22,23)18(2)11-14-15(24-3)6-5-7-16(14)25-4/h5-10H,11H2,1-4H3. The van der Waals surface area contributed by atoms with E-state index in [-0.39, 0.29) is 17.1 Å². The number of nitrogens with zero attached hydrogens (tertiary/aromatic N) is 2. The van der Waals surface area contributed by atoms with Gasteiger partial charge >= 0.3 is 0 Å². The van der Waals surface area contributed by atoms with E-state index < -0.39 is 14.9 Å². The maximum atomic E-state index is 13.0. The molecule has 2 rings (SSSR count). The minimum Gasteiger partial charge on any atom is -0.496 e. The summed E-state index contributed by atoms with van der Waals surface area (Å²) in [4.78, 5) is 10.3. The van der Waals surface area contributed by atoms with E-state index in [2.05, 4.69) is 0 Å². The van der Waals surface area contributed by atoms with E-state index in [9.17, 15) is 18.5 Å². The molecule has 0 aromatic heterocycles. The Hall–Kier alpha value is -2.65. The highest BCUT2D eigenvalue weighted by Crippen LogP contribution is 2.31. The van der Waals surface area contributed by atoms with E-state index >= 15 is 0 Å². The molecule has 0 saturated heterocycles. The molecule has 0 unspecified atom stereocenters. The summed E-state index contributed by atoms with van der Waals surface area (Å²) in [7, 11) is 0.413. The normalized spacial score (nSPS) is 11.4. The second kappa shape index (κ2) is 7.71. The highest BCUT2D eigenvalue weighted by atomic mass is 32.2. The second-order valence-corrected chi connectivity index (χ2v) is 7.62. The number of methoxy groups -OCH3 is 2. The van der Waals surface area contributed by atoms with Gasteiger partial charge in [-0.2, -0.15) is 4.31 Å². The zero-order chi connectivity index (χ0) is 19.5. The second-order valence-electron chi connectivity index (χ2n) is 5.61. The van der Waals surface area contributed by atoms with E-state index in [1.54, 1.807) is 25.1 Å². The van der Waals surface area contributed by atoms with Gasteiger partial charge in [0.15, 0.2) is 0 Å². The first-order chi connectivity index (χ1) is 12.2. The van der Waals surface area contributed by atoms with Crippen molar-refractivity contribution in [2.45, 2.75) is 18.4 Å². The number of ether oxygens (including phenoxy) is 2. The van der Waals surface area contributed by atoms with Crippen LogP contribution in [0.1, 0.15) is 11.1 Å². The number of nitro groups is 1. The Morgan fingerprint density at radius 2 is 1.69 bits per heavy atom. The van der Waals surface area contributed by atoms with Crippen molar-refractivity contribution in [2.24, 2.45) is 0 Å². The maximum absolute atomic E-state index is 13.0. The zero-order valence-electron chi connectivity index (χ0n) is 14.9. The van der Waals surface area contributed by atoms with Crippen LogP contribution >= 0.6 is 0 Å². The Kier molecular flexibility index (Phi) is 5.83. The molecular formula is C17H20N2O6S. The Balaban J connectivity index is 2.46. The van der Waals surface area contributed by atoms with Gasteiger partial charge in [-0.05, 0) is 24.6 Å². The van der Waals surface area contributed by atoms with Crippen molar-refractivity contribution in [3.05, 3.63) is 57.6 Å². The third-order valence-electron chi connectivity index (χ3n) is 3.98. The van der Waals surface area contributed by atoms with Crippen LogP contribution in [0.2, 0.25) is 0 Å². The van der Waals surface area contributed by atoms with Crippen LogP contribution in [0, 0.1) is 17.0 Å². The molecule has 0 N–H and O–H groups in total. The summed E-state index contributed by atoms with van der Waals surface area (Å²) >= 11 is 0. The largest absolute Gasteiger partial charge is 0.496 e. The molecule has 0 fully saturated rings. The topological polar surface area (TPSA) is 99.0 Å². The molecule has 8 nitrogen and oxygen atoms in total. The lowest BCUT2D eigenvalue weighted by Gasteiger charge is -2.21. The monoisotopic (exact) mass is 380 g/mol. The highest BCUT2D eigenvalue weighted by Gasteiger charge is 2.27. The van der Waals surface area contributed by atoms with Gasteiger partial charge in [0.2, 0.25) is 10.0 Å². The summed E-state index contributed by atoms with van der Waals surface area (Å²) in [5.41, 5.74) is 0.707. The smallest absolute Gasteiger partial charge is 0.270 e. The summed E-state index contributed by atoms with van der Waals surface area (Å²) in [5, 5.41) is 11.0. The van der Waals surface area contributed by atoms with Gasteiger partial charge in [-0.25, -0.2) is 8.42 Å². The molecule has 0 aliphatic rings. The number of non-ortho nitro benzene ring substituents is 1. The lowest BCUT2D eigenvalue weighted by atomic mass is 10.1. The fourth-order valence-electron chi connectivity index (χ4n) is 2.54. The first-order valence-electron chi connectivity index (χ1n) is 7.63. The summed E-state index contributed by atoms with van der Waals surface area (Å²) in [6.07, 6.45) is 0. The Morgan fingerprint density at radius 1 is 1.12 bits per heavy atom. The van der Waals surface area contributed by atoms with E-state index in [0.29, 0.717) is 22.6 Å². The highest BCUT2D eigenvalue weighted by molar-refractivity contribution is 7.89. The van der Waals surface area contributed by atoms with Crippen molar-refractivity contribution in [1.82, 2.24) is 4.31 Å². The number of aryl methyl sites for hydroxylation is 1. The molecule has 0 amide bonds. The molecule has 0 heterocycles. The molecule has 0 radical (unpaired) electrons. The summed E-state index contributed by atoms with van der Waals surface area (Å²) in [6, 6.07) is 8.91. The summed E-state index contributed by atoms with van der Waals surface area (Å²) < 4.78 is 37.6. The number of nitro benzene ring substituents is 1. The number of sulfonamides is 1. The summed E-state index contributed by atoms with van der Waals surface area (Å²) in [5.74, 6) is 0.976. The maximum Gasteiger partial charge on any atom is 0.270 e. The predicted octanol–water partition coefficient (Wildman–Crippen LogP) is 2.74. The molecule has 26 heavy (non-hydrogen) atoms. The van der Waals surface area contributed by atoms with Crippen molar-refractivity contribution in [3.8, 4) is 11.5 Å². The fourth-order valence-corrected chi connectivity index (χ4v) is 3.92. The van der Waals surface area contributed by atoms with Gasteiger partial charge in [0.05, 0.1) is 29.6 Å². The number of benzene rings is 2. The molecule has 2 aromatic carbocycles. The van der Waals surface area contributed by atoms with Crippen LogP contribution in [-0.4, -0.2) is 38.9 Å². The molecule has 9 heteroatoms. The molecule has 0 spiro atoms. The van der Waals surface area contributed by atoms with Crippen LogP contribution < -0.4 is 9.47 Å². The van der Waals surface area contributed by atoms with Gasteiger partial charge in [0.25, 0.3) is 5.69 Å². The average Bonchev–Trinajstić information content (AvgIpc) is 2.61. The van der Waals surface area contributed by atoms with Crippen molar-refractivity contribution in [3.63, 3.8) is 0 Å². The Bertz CT molecular complexity index is 905. The van der Waals surface area contributed by atoms with Crippen LogP contribution in [-0.2, 0) is 16.6 Å². The van der Waals surface area contributed by atoms with Gasteiger partial charge in [-0.15, -0.1) is 0 Å². The molecule has 0 aliphatic heterocycles. The summed E-state index contributed by atoms with van der Waals surface area (Å²) in [6.45, 7) is 1.58. The molecule has 140 valence electrons. The number of rotatable bonds is 7. The first kappa shape index (κ1) is 19.7. The molecule has 0 bridgehead atoms. The van der Waals surface area contributed by atoms with Crippen molar-refractivity contribution < 1.29 is 22.8 Å². The molecule has 0 aliphatic carbocycles. The van der Waals surface area contributed by atoms with Crippen molar-refractivity contribution in [1.29, 1.82) is 0 Å². The predicted molar refractivity (Wildman–Crippen MR) is 96.0 cm³/mol. The third-order valence-corrected chi connectivity index (χ3v) is 5.93. The number of hydrogen-bond donors (Lipinski definition) is 0. The quantitative estimate of drug-likeness (QED) is 0.541. The molecule has 0 atom stereocenters. The third kappa shape index (κ3) is 3.78. The number of hydrogen-bond acceptors (Lipinski definition) is 6. The average molecular weight is 380 g/mol. The van der Waals surface area contributed by atoms with E-state index in [1.165, 1.54) is 33.4 Å². The SMILES string of the molecule is COc1cccc(OC)c1CN(C)S(=O)(=O)c1cc([N+](=O)[O-])ccc1C. The minimum absolute atomic E-state index is 0.0162. The molecular weight excluding hydrogens is 360 g/mol. The Labute approximate surface area is 152 Å². The van der Waals surface area contributed by atoms with Crippen molar-refractivity contribution in [2.75, 3.05) is 21.3 Å². The lowest BCUT2D eigenvalue weighted by Crippen LogP contribution is -2.27. The van der Waals surface area contributed by atoms with E-state index in [0.717, 1.165) is 10.4 Å². The molecule has 0 saturated carbocycles. The van der Waals surface area contributed by atoms with Gasteiger partial charge in [0.1, 0.15) is 11.5 Å². The zero-order valence-corrected chi connectivity index (χ0v) is 15.7. The van der Waals surface area contributed by atoms with E-state index in [1.807, 2.05) is 0 Å². The van der Waals surface area contributed by atoms with Gasteiger partial charge in [-0.1, -0.05) is 12.1 Å². The van der Waals surface area contributed by atoms with Crippen LogP contribution in [0.15, 0.2) is 41.3 Å². The lowest BCUT2D eigenvalue weighted by molar-refractivity contribution is -0.385. The minimum atomic E-state index is -3.96. The van der Waals surface area contributed by atoms with Crippen LogP contribution in [0.3, 0.4) is 0 Å². The fraction of sp³-hybridized carbons (Fsp3) is 0.294. The van der Waals surface area contributed by atoms with Gasteiger partial charge < -0.3 is 9.47 Å². The Morgan fingerprint density at radius 3 is 2.19 bits per heavy atom. The van der Waals surface area contributed by atoms with Crippen molar-refractivity contribution >= 4 is 15.7 Å². The molecule has 2 aromatic rings. The van der Waals surface area contributed by atoms with Gasteiger partial charge in [-0.3, -0.25) is 10.1 Å². The van der Waals surface area contributed by atoms with Crippen LogP contribution in [0.25, 0.3) is 0 Å². The van der Waals surface area contributed by atoms with Crippen LogP contribution in [0.5, 0.6) is 11.5 Å².